The summed E-state index contributed by atoms with van der Waals surface area (Å²) in [7, 11) is 0. The smallest absolute Gasteiger partial charge is 0.110 e. The van der Waals surface area contributed by atoms with Crippen LogP contribution >= 0.6 is 22.7 Å². The largest absolute Gasteiger partial charge is 0.288 e. The molecule has 2 aromatic rings. The van der Waals surface area contributed by atoms with Gasteiger partial charge in [-0.25, -0.2) is 9.97 Å². The van der Waals surface area contributed by atoms with Crippen LogP contribution in [-0.4, -0.2) is 21.4 Å². The third kappa shape index (κ3) is 2.03. The number of rotatable bonds is 3. The average Bonchev–Trinajstić information content (AvgIpc) is 2.98. The van der Waals surface area contributed by atoms with Crippen LogP contribution in [0.1, 0.15) is 29.6 Å². The van der Waals surface area contributed by atoms with Crippen molar-refractivity contribution >= 4 is 22.7 Å². The van der Waals surface area contributed by atoms with Crippen LogP contribution in [0.3, 0.4) is 0 Å². The van der Waals surface area contributed by atoms with Crippen LogP contribution in [0.5, 0.6) is 0 Å². The van der Waals surface area contributed by atoms with Crippen LogP contribution in [0.2, 0.25) is 0 Å². The second kappa shape index (κ2) is 4.61. The molecule has 5 heteroatoms. The van der Waals surface area contributed by atoms with E-state index in [1.807, 2.05) is 11.7 Å². The minimum Gasteiger partial charge on any atom is -0.288 e. The molecular formula is C11H13N3S2. The highest BCUT2D eigenvalue weighted by Crippen LogP contribution is 2.33. The molecule has 0 aromatic carbocycles. The molecule has 1 aliphatic rings. The van der Waals surface area contributed by atoms with Crippen LogP contribution in [0, 0.1) is 0 Å². The third-order valence-corrected chi connectivity index (χ3v) is 4.46. The van der Waals surface area contributed by atoms with Gasteiger partial charge in [0, 0.05) is 23.5 Å². The first kappa shape index (κ1) is 10.4. The van der Waals surface area contributed by atoms with Crippen molar-refractivity contribution in [1.29, 1.82) is 0 Å². The molecule has 2 aromatic heterocycles. The Labute approximate surface area is 103 Å². The van der Waals surface area contributed by atoms with E-state index >= 15 is 0 Å². The van der Waals surface area contributed by atoms with Gasteiger partial charge in [0.25, 0.3) is 0 Å². The van der Waals surface area contributed by atoms with Crippen LogP contribution in [0.25, 0.3) is 0 Å². The first-order chi connectivity index (χ1) is 7.93. The molecule has 1 fully saturated rings. The summed E-state index contributed by atoms with van der Waals surface area (Å²) in [5.41, 5.74) is 3.09. The Balaban J connectivity index is 1.75. The fourth-order valence-electron chi connectivity index (χ4n) is 2.22. The van der Waals surface area contributed by atoms with Gasteiger partial charge < -0.3 is 0 Å². The second-order valence-corrected chi connectivity index (χ2v) is 5.62. The zero-order valence-corrected chi connectivity index (χ0v) is 10.5. The lowest BCUT2D eigenvalue weighted by atomic mass is 10.2. The topological polar surface area (TPSA) is 29.0 Å². The molecule has 0 radical (unpaired) electrons. The predicted molar refractivity (Wildman–Crippen MR) is 66.6 cm³/mol. The van der Waals surface area contributed by atoms with Crippen LogP contribution in [-0.2, 0) is 6.54 Å². The Bertz CT molecular complexity index is 424. The number of hydrogen-bond donors (Lipinski definition) is 0. The fourth-order valence-corrected chi connectivity index (χ4v) is 3.57. The van der Waals surface area contributed by atoms with Gasteiger partial charge in [0.2, 0.25) is 0 Å². The second-order valence-electron chi connectivity index (χ2n) is 3.98. The maximum atomic E-state index is 4.44. The SMILES string of the molecule is c1csc(C2CCCN2Cc2cscn2)n1. The highest BCUT2D eigenvalue weighted by molar-refractivity contribution is 7.09. The Morgan fingerprint density at radius 2 is 2.44 bits per heavy atom. The molecule has 3 rings (SSSR count). The predicted octanol–water partition coefficient (Wildman–Crippen LogP) is 2.94. The van der Waals surface area contributed by atoms with Gasteiger partial charge in [-0.05, 0) is 19.4 Å². The van der Waals surface area contributed by atoms with Gasteiger partial charge in [-0.1, -0.05) is 0 Å². The van der Waals surface area contributed by atoms with Gasteiger partial charge in [-0.15, -0.1) is 22.7 Å². The standard InChI is InChI=1S/C11H13N3S2/c1-2-10(11-12-3-5-16-11)14(4-1)6-9-7-15-8-13-9/h3,5,7-8,10H,1-2,4,6H2. The van der Waals surface area contributed by atoms with Crippen molar-refractivity contribution in [3.05, 3.63) is 33.2 Å². The van der Waals surface area contributed by atoms with Crippen molar-refractivity contribution in [3.8, 4) is 0 Å². The summed E-state index contributed by atoms with van der Waals surface area (Å²) in [6.45, 7) is 2.13. The molecule has 0 bridgehead atoms. The Morgan fingerprint density at radius 3 is 3.19 bits per heavy atom. The number of thiazole rings is 2. The van der Waals surface area contributed by atoms with Crippen molar-refractivity contribution in [2.24, 2.45) is 0 Å². The number of hydrogen-bond acceptors (Lipinski definition) is 5. The van der Waals surface area contributed by atoms with Gasteiger partial charge in [0.15, 0.2) is 0 Å². The van der Waals surface area contributed by atoms with E-state index in [0.717, 1.165) is 6.54 Å². The summed E-state index contributed by atoms with van der Waals surface area (Å²) in [6, 6.07) is 0.515. The number of nitrogens with zero attached hydrogens (tertiary/aromatic N) is 3. The van der Waals surface area contributed by atoms with Gasteiger partial charge in [-0.2, -0.15) is 0 Å². The highest BCUT2D eigenvalue weighted by atomic mass is 32.1. The molecule has 0 amide bonds. The first-order valence-corrected chi connectivity index (χ1v) is 7.26. The molecule has 16 heavy (non-hydrogen) atoms. The molecule has 0 saturated carbocycles. The molecular weight excluding hydrogens is 238 g/mol. The maximum Gasteiger partial charge on any atom is 0.110 e. The summed E-state index contributed by atoms with van der Waals surface area (Å²) in [4.78, 5) is 11.3. The lowest BCUT2D eigenvalue weighted by Gasteiger charge is -2.21. The van der Waals surface area contributed by atoms with Crippen LogP contribution in [0.4, 0.5) is 0 Å². The zero-order valence-electron chi connectivity index (χ0n) is 8.87. The van der Waals surface area contributed by atoms with E-state index in [9.17, 15) is 0 Å². The minimum absolute atomic E-state index is 0.515. The molecule has 3 heterocycles. The van der Waals surface area contributed by atoms with Crippen molar-refractivity contribution in [3.63, 3.8) is 0 Å². The van der Waals surface area contributed by atoms with Crippen molar-refractivity contribution in [1.82, 2.24) is 14.9 Å². The van der Waals surface area contributed by atoms with Crippen LogP contribution in [0.15, 0.2) is 22.5 Å². The molecule has 1 unspecified atom stereocenters. The molecule has 1 saturated heterocycles. The zero-order chi connectivity index (χ0) is 10.8. The average molecular weight is 251 g/mol. The minimum atomic E-state index is 0.515. The summed E-state index contributed by atoms with van der Waals surface area (Å²) >= 11 is 3.44. The normalized spacial score (nSPS) is 21.6. The molecule has 0 aliphatic carbocycles. The molecule has 0 spiro atoms. The lowest BCUT2D eigenvalue weighted by molar-refractivity contribution is 0.245. The number of likely N-dealkylation sites (tertiary alicyclic amines) is 1. The quantitative estimate of drug-likeness (QED) is 0.840. The van der Waals surface area contributed by atoms with E-state index in [0.29, 0.717) is 6.04 Å². The lowest BCUT2D eigenvalue weighted by Crippen LogP contribution is -2.22. The van der Waals surface area contributed by atoms with Crippen molar-refractivity contribution in [2.75, 3.05) is 6.54 Å². The fraction of sp³-hybridized carbons (Fsp3) is 0.455. The van der Waals surface area contributed by atoms with E-state index in [1.54, 1.807) is 22.7 Å². The van der Waals surface area contributed by atoms with Gasteiger partial charge in [0.1, 0.15) is 5.01 Å². The van der Waals surface area contributed by atoms with Crippen molar-refractivity contribution in [2.45, 2.75) is 25.4 Å². The van der Waals surface area contributed by atoms with E-state index in [2.05, 4.69) is 25.6 Å². The summed E-state index contributed by atoms with van der Waals surface area (Å²) in [6.07, 6.45) is 4.41. The summed E-state index contributed by atoms with van der Waals surface area (Å²) in [5, 5.41) is 5.46. The van der Waals surface area contributed by atoms with Gasteiger partial charge in [0.05, 0.1) is 17.2 Å². The van der Waals surface area contributed by atoms with Crippen LogP contribution < -0.4 is 0 Å². The molecule has 1 atom stereocenters. The van der Waals surface area contributed by atoms with E-state index in [-0.39, 0.29) is 0 Å². The number of aromatic nitrogens is 2. The third-order valence-electron chi connectivity index (χ3n) is 2.95. The Morgan fingerprint density at radius 1 is 1.44 bits per heavy atom. The Kier molecular flexibility index (Phi) is 2.99. The summed E-state index contributed by atoms with van der Waals surface area (Å²) < 4.78 is 0. The van der Waals surface area contributed by atoms with Crippen molar-refractivity contribution < 1.29 is 0 Å². The van der Waals surface area contributed by atoms with E-state index < -0.39 is 0 Å². The molecule has 0 N–H and O–H groups in total. The maximum absolute atomic E-state index is 4.44. The van der Waals surface area contributed by atoms with E-state index in [4.69, 9.17) is 0 Å². The molecule has 1 aliphatic heterocycles. The first-order valence-electron chi connectivity index (χ1n) is 5.44. The Hall–Kier alpha value is -0.780. The molecule has 3 nitrogen and oxygen atoms in total. The van der Waals surface area contributed by atoms with Gasteiger partial charge >= 0.3 is 0 Å². The highest BCUT2D eigenvalue weighted by Gasteiger charge is 2.27. The van der Waals surface area contributed by atoms with Gasteiger partial charge in [-0.3, -0.25) is 4.90 Å². The monoisotopic (exact) mass is 251 g/mol. The van der Waals surface area contributed by atoms with E-state index in [1.165, 1.54) is 30.1 Å². The summed E-state index contributed by atoms with van der Waals surface area (Å²) in [5.74, 6) is 0. The molecule has 84 valence electrons.